The van der Waals surface area contributed by atoms with Gasteiger partial charge in [0.25, 0.3) is 0 Å². The number of primary amides is 1. The second-order valence-electron chi connectivity index (χ2n) is 2.60. The van der Waals surface area contributed by atoms with Crippen LogP contribution in [-0.4, -0.2) is 15.9 Å². The predicted octanol–water partition coefficient (Wildman–Crippen LogP) is 0.578. The van der Waals surface area contributed by atoms with Gasteiger partial charge in [-0.1, -0.05) is 18.2 Å². The monoisotopic (exact) mass is 198 g/mol. The van der Waals surface area contributed by atoms with Gasteiger partial charge < -0.3 is 5.73 Å². The minimum Gasteiger partial charge on any atom is -0.369 e. The average molecular weight is 198 g/mol. The summed E-state index contributed by atoms with van der Waals surface area (Å²) < 4.78 is 19.0. The van der Waals surface area contributed by atoms with Crippen LogP contribution in [0.25, 0.3) is 0 Å². The van der Waals surface area contributed by atoms with Crippen molar-refractivity contribution < 1.29 is 9.00 Å². The van der Waals surface area contributed by atoms with Crippen molar-refractivity contribution in [2.75, 3.05) is 5.75 Å². The van der Waals surface area contributed by atoms with Crippen molar-refractivity contribution in [1.29, 1.82) is 4.78 Å². The molecule has 0 spiro atoms. The number of rotatable bonds is 3. The Kier molecular flexibility index (Phi) is 2.67. The number of carbonyl (C=O) groups excluding carboxylic acids is 1. The molecule has 0 saturated carbocycles. The Balaban J connectivity index is 3.02. The zero-order valence-electron chi connectivity index (χ0n) is 6.90. The number of benzene rings is 1. The molecule has 1 rings (SSSR count). The largest absolute Gasteiger partial charge is 0.369 e. The van der Waals surface area contributed by atoms with E-state index in [1.807, 2.05) is 0 Å². The Labute approximate surface area is 76.7 Å². The Morgan fingerprint density at radius 3 is 2.38 bits per heavy atom. The van der Waals surface area contributed by atoms with Crippen LogP contribution in [-0.2, 0) is 14.5 Å². The van der Waals surface area contributed by atoms with Gasteiger partial charge in [-0.2, -0.15) is 0 Å². The number of amides is 1. The highest BCUT2D eigenvalue weighted by Crippen LogP contribution is 2.09. The molecule has 5 heteroatoms. The van der Waals surface area contributed by atoms with Crippen LogP contribution < -0.4 is 5.73 Å². The second kappa shape index (κ2) is 3.57. The average Bonchev–Trinajstić information content (AvgIpc) is 2.04. The van der Waals surface area contributed by atoms with Gasteiger partial charge >= 0.3 is 0 Å². The summed E-state index contributed by atoms with van der Waals surface area (Å²) in [5.74, 6) is -1.14. The van der Waals surface area contributed by atoms with Gasteiger partial charge in [0.05, 0.1) is 9.73 Å². The summed E-state index contributed by atoms with van der Waals surface area (Å²) in [6, 6.07) is 8.20. The molecule has 0 aliphatic heterocycles. The Bertz CT molecular complexity index is 397. The molecule has 1 atom stereocenters. The van der Waals surface area contributed by atoms with E-state index in [1.165, 1.54) is 0 Å². The van der Waals surface area contributed by atoms with Gasteiger partial charge in [0, 0.05) is 4.90 Å². The molecule has 3 N–H and O–H groups in total. The van der Waals surface area contributed by atoms with E-state index in [1.54, 1.807) is 30.3 Å². The van der Waals surface area contributed by atoms with Gasteiger partial charge in [-0.15, -0.1) is 0 Å². The number of hydrogen-bond donors (Lipinski definition) is 2. The van der Waals surface area contributed by atoms with Crippen LogP contribution in [0.4, 0.5) is 0 Å². The summed E-state index contributed by atoms with van der Waals surface area (Å²) in [4.78, 5) is 10.9. The molecule has 0 saturated heterocycles. The third-order valence-corrected chi connectivity index (χ3v) is 3.19. The molecular weight excluding hydrogens is 188 g/mol. The first-order valence-electron chi connectivity index (χ1n) is 3.62. The molecule has 1 amide bonds. The maximum atomic E-state index is 11.6. The van der Waals surface area contributed by atoms with Crippen molar-refractivity contribution in [1.82, 2.24) is 0 Å². The third-order valence-electron chi connectivity index (χ3n) is 1.47. The molecule has 0 heterocycles. The highest BCUT2D eigenvalue weighted by molar-refractivity contribution is 7.93. The molecule has 0 bridgehead atoms. The lowest BCUT2D eigenvalue weighted by molar-refractivity contribution is -0.115. The van der Waals surface area contributed by atoms with Crippen molar-refractivity contribution in [2.24, 2.45) is 5.73 Å². The molecule has 0 fully saturated rings. The quantitative estimate of drug-likeness (QED) is 0.744. The van der Waals surface area contributed by atoms with Gasteiger partial charge in [-0.3, -0.25) is 4.79 Å². The summed E-state index contributed by atoms with van der Waals surface area (Å²) in [5, 5.41) is 0. The molecule has 0 aromatic heterocycles. The Morgan fingerprint density at radius 2 is 1.92 bits per heavy atom. The van der Waals surface area contributed by atoms with E-state index >= 15 is 0 Å². The van der Waals surface area contributed by atoms with E-state index in [0.29, 0.717) is 4.90 Å². The second-order valence-corrected chi connectivity index (χ2v) is 4.71. The van der Waals surface area contributed by atoms with E-state index in [4.69, 9.17) is 10.5 Å². The van der Waals surface area contributed by atoms with Gasteiger partial charge in [0.1, 0.15) is 5.75 Å². The van der Waals surface area contributed by atoms with Crippen molar-refractivity contribution in [3.8, 4) is 0 Å². The normalized spacial score (nSPS) is 14.8. The van der Waals surface area contributed by atoms with Crippen molar-refractivity contribution in [3.05, 3.63) is 30.3 Å². The molecule has 1 aromatic carbocycles. The van der Waals surface area contributed by atoms with Crippen LogP contribution in [0.2, 0.25) is 0 Å². The molecule has 13 heavy (non-hydrogen) atoms. The molecule has 0 aliphatic rings. The SMILES string of the molecule is N=S(=O)(CC(N)=O)c1ccccc1. The molecule has 1 aromatic rings. The minimum absolute atomic E-state index is 0.341. The van der Waals surface area contributed by atoms with E-state index in [2.05, 4.69) is 0 Å². The van der Waals surface area contributed by atoms with Crippen molar-refractivity contribution in [2.45, 2.75) is 4.90 Å². The van der Waals surface area contributed by atoms with Crippen LogP contribution in [0.15, 0.2) is 35.2 Å². The fourth-order valence-corrected chi connectivity index (χ4v) is 2.09. The number of nitrogens with two attached hydrogens (primary N) is 1. The van der Waals surface area contributed by atoms with Crippen LogP contribution >= 0.6 is 0 Å². The van der Waals surface area contributed by atoms with Crippen LogP contribution in [0.3, 0.4) is 0 Å². The standard InChI is InChI=1S/C8H10N2O2S/c9-8(11)6-13(10,12)7-4-2-1-3-5-7/h1-5,10H,6H2,(H2,9,11). The molecule has 0 aliphatic carbocycles. The number of carbonyl (C=O) groups is 1. The predicted molar refractivity (Wildman–Crippen MR) is 49.6 cm³/mol. The van der Waals surface area contributed by atoms with E-state index in [0.717, 1.165) is 0 Å². The Morgan fingerprint density at radius 1 is 1.38 bits per heavy atom. The lowest BCUT2D eigenvalue weighted by Crippen LogP contribution is -2.22. The van der Waals surface area contributed by atoms with Crippen molar-refractivity contribution in [3.63, 3.8) is 0 Å². The first kappa shape index (κ1) is 9.73. The summed E-state index contributed by atoms with van der Waals surface area (Å²) >= 11 is 0. The summed E-state index contributed by atoms with van der Waals surface area (Å²) in [6.45, 7) is 0. The van der Waals surface area contributed by atoms with E-state index in [9.17, 15) is 9.00 Å². The molecule has 4 nitrogen and oxygen atoms in total. The van der Waals surface area contributed by atoms with E-state index in [-0.39, 0.29) is 0 Å². The van der Waals surface area contributed by atoms with Gasteiger partial charge in [-0.25, -0.2) is 8.99 Å². The first-order valence-corrected chi connectivity index (χ1v) is 5.35. The molecule has 1 unspecified atom stereocenters. The minimum atomic E-state index is -3.03. The molecular formula is C8H10N2O2S. The first-order chi connectivity index (χ1) is 6.02. The highest BCUT2D eigenvalue weighted by atomic mass is 32.2. The maximum Gasteiger partial charge on any atom is 0.231 e. The lowest BCUT2D eigenvalue weighted by Gasteiger charge is -2.03. The smallest absolute Gasteiger partial charge is 0.231 e. The molecule has 70 valence electrons. The van der Waals surface area contributed by atoms with Gasteiger partial charge in [0.15, 0.2) is 0 Å². The van der Waals surface area contributed by atoms with Crippen LogP contribution in [0, 0.1) is 4.78 Å². The van der Waals surface area contributed by atoms with Crippen LogP contribution in [0.1, 0.15) is 0 Å². The topological polar surface area (TPSA) is 84.0 Å². The zero-order chi connectivity index (χ0) is 9.90. The number of nitrogens with one attached hydrogen (secondary N) is 1. The van der Waals surface area contributed by atoms with Gasteiger partial charge in [0.2, 0.25) is 5.91 Å². The van der Waals surface area contributed by atoms with Gasteiger partial charge in [-0.05, 0) is 12.1 Å². The fraction of sp³-hybridized carbons (Fsp3) is 0.125. The zero-order valence-corrected chi connectivity index (χ0v) is 7.71. The summed E-state index contributed by atoms with van der Waals surface area (Å²) in [6.07, 6.45) is 0. The number of hydrogen-bond acceptors (Lipinski definition) is 3. The van der Waals surface area contributed by atoms with Crippen LogP contribution in [0.5, 0.6) is 0 Å². The van der Waals surface area contributed by atoms with E-state index < -0.39 is 21.4 Å². The summed E-state index contributed by atoms with van der Waals surface area (Å²) in [7, 11) is -3.03. The fourth-order valence-electron chi connectivity index (χ4n) is 0.924. The summed E-state index contributed by atoms with van der Waals surface area (Å²) in [5.41, 5.74) is 4.88. The third kappa shape index (κ3) is 2.55. The highest BCUT2D eigenvalue weighted by Gasteiger charge is 2.12. The molecule has 0 radical (unpaired) electrons. The maximum absolute atomic E-state index is 11.6. The Hall–Kier alpha value is -1.36. The lowest BCUT2D eigenvalue weighted by atomic mass is 10.4. The van der Waals surface area contributed by atoms with Crippen molar-refractivity contribution >= 4 is 15.6 Å².